The lowest BCUT2D eigenvalue weighted by molar-refractivity contribution is 0.0154. The minimum absolute atomic E-state index is 0.00269. The summed E-state index contributed by atoms with van der Waals surface area (Å²) < 4.78 is 10.8. The third kappa shape index (κ3) is 3.10. The minimum Gasteiger partial charge on any atom is -0.411 e. The minimum atomic E-state index is -0.00269. The van der Waals surface area contributed by atoms with E-state index in [1.54, 1.807) is 0 Å². The first-order valence-corrected chi connectivity index (χ1v) is 7.93. The quantitative estimate of drug-likeness (QED) is 0.544. The van der Waals surface area contributed by atoms with Gasteiger partial charge >= 0.3 is 0 Å². The van der Waals surface area contributed by atoms with E-state index in [2.05, 4.69) is 20.1 Å². The van der Waals surface area contributed by atoms with E-state index in [0.717, 1.165) is 39.0 Å². The Bertz CT molecular complexity index is 391. The van der Waals surface area contributed by atoms with Gasteiger partial charge in [0.15, 0.2) is 0 Å². The molecule has 3 aliphatic rings. The normalized spacial score (nSPS) is 36.0. The molecule has 2 saturated heterocycles. The van der Waals surface area contributed by atoms with Crippen LogP contribution in [0.5, 0.6) is 0 Å². The molecule has 2 heterocycles. The number of nitrogens with zero attached hydrogens (tertiary/aromatic N) is 4. The van der Waals surface area contributed by atoms with E-state index < -0.39 is 0 Å². The predicted octanol–water partition coefficient (Wildman–Crippen LogP) is -0.158. The van der Waals surface area contributed by atoms with Gasteiger partial charge in [-0.1, -0.05) is 10.3 Å². The zero-order valence-electron chi connectivity index (χ0n) is 12.7. The Morgan fingerprint density at radius 2 is 1.09 bits per heavy atom. The molecule has 3 fully saturated rings. The number of morpholine rings is 2. The molecule has 1 saturated carbocycles. The van der Waals surface area contributed by atoms with E-state index >= 15 is 0 Å². The summed E-state index contributed by atoms with van der Waals surface area (Å²) in [7, 11) is 0. The second-order valence-corrected chi connectivity index (χ2v) is 5.88. The largest absolute Gasteiger partial charge is 0.411 e. The molecule has 0 spiro atoms. The molecule has 0 aromatic heterocycles. The van der Waals surface area contributed by atoms with Crippen LogP contribution in [0.3, 0.4) is 0 Å². The van der Waals surface area contributed by atoms with Crippen molar-refractivity contribution in [3.8, 4) is 0 Å². The Morgan fingerprint density at radius 3 is 1.41 bits per heavy atom. The van der Waals surface area contributed by atoms with Crippen LogP contribution >= 0.6 is 0 Å². The molecule has 0 aromatic rings. The van der Waals surface area contributed by atoms with E-state index in [9.17, 15) is 10.4 Å². The van der Waals surface area contributed by atoms with Gasteiger partial charge in [0.25, 0.3) is 0 Å². The smallest absolute Gasteiger partial charge is 0.123 e. The summed E-state index contributed by atoms with van der Waals surface area (Å²) in [5.74, 6) is 0. The molecule has 0 aromatic carbocycles. The van der Waals surface area contributed by atoms with Crippen molar-refractivity contribution in [2.75, 3.05) is 52.6 Å². The summed E-state index contributed by atoms with van der Waals surface area (Å²) in [6, 6.07) is -0.00539. The number of hydrogen-bond donors (Lipinski definition) is 2. The van der Waals surface area contributed by atoms with Crippen LogP contribution in [0.15, 0.2) is 10.3 Å². The van der Waals surface area contributed by atoms with Gasteiger partial charge in [-0.05, 0) is 12.8 Å². The monoisotopic (exact) mass is 312 g/mol. The molecule has 124 valence electrons. The molecule has 8 heteroatoms. The average Bonchev–Trinajstić information content (AvgIpc) is 2.61. The molecular formula is C14H24N4O4. The van der Waals surface area contributed by atoms with Gasteiger partial charge in [-0.15, -0.1) is 0 Å². The molecule has 0 unspecified atom stereocenters. The summed E-state index contributed by atoms with van der Waals surface area (Å²) in [6.45, 7) is 5.99. The van der Waals surface area contributed by atoms with E-state index in [1.807, 2.05) is 0 Å². The third-order valence-electron chi connectivity index (χ3n) is 4.80. The van der Waals surface area contributed by atoms with Crippen molar-refractivity contribution in [1.29, 1.82) is 0 Å². The van der Waals surface area contributed by atoms with E-state index in [1.165, 1.54) is 0 Å². The van der Waals surface area contributed by atoms with Crippen LogP contribution in [0.4, 0.5) is 0 Å². The number of ether oxygens (including phenoxy) is 2. The standard InChI is InChI=1S/C14H24N4O4/c19-15-13-11(17-3-7-21-8-4-17)1-2-12(14(13)16-20)18-5-9-22-10-6-18/h11-12,19-20H,1-10H2/b15-13+,16-14?/t11-,12+/m1/s1. The zero-order chi connectivity index (χ0) is 15.4. The second kappa shape index (κ2) is 7.36. The fourth-order valence-corrected chi connectivity index (χ4v) is 3.66. The van der Waals surface area contributed by atoms with Crippen molar-refractivity contribution >= 4 is 11.4 Å². The van der Waals surface area contributed by atoms with E-state index in [4.69, 9.17) is 9.47 Å². The van der Waals surface area contributed by atoms with Gasteiger partial charge in [0, 0.05) is 26.2 Å². The van der Waals surface area contributed by atoms with Crippen LogP contribution < -0.4 is 0 Å². The lowest BCUT2D eigenvalue weighted by Crippen LogP contribution is -2.58. The third-order valence-corrected chi connectivity index (χ3v) is 4.80. The molecule has 2 aliphatic heterocycles. The van der Waals surface area contributed by atoms with Crippen LogP contribution in [0.2, 0.25) is 0 Å². The Morgan fingerprint density at radius 1 is 0.727 bits per heavy atom. The maximum atomic E-state index is 9.50. The fourth-order valence-electron chi connectivity index (χ4n) is 3.66. The van der Waals surface area contributed by atoms with E-state index in [0.29, 0.717) is 37.9 Å². The number of hydrogen-bond acceptors (Lipinski definition) is 8. The van der Waals surface area contributed by atoms with Crippen LogP contribution in [0.1, 0.15) is 12.8 Å². The van der Waals surface area contributed by atoms with Crippen molar-refractivity contribution in [2.45, 2.75) is 24.9 Å². The molecular weight excluding hydrogens is 288 g/mol. The molecule has 0 amide bonds. The molecule has 1 aliphatic carbocycles. The Labute approximate surface area is 129 Å². The Hall–Kier alpha value is -1.22. The molecule has 8 nitrogen and oxygen atoms in total. The van der Waals surface area contributed by atoms with Gasteiger partial charge in [-0.2, -0.15) is 0 Å². The SMILES string of the molecule is ON=C1/C(=N/O)[C@H](N2CCOCC2)CC[C@@H]1N1CCOCC1. The van der Waals surface area contributed by atoms with Crippen molar-refractivity contribution in [3.63, 3.8) is 0 Å². The van der Waals surface area contributed by atoms with Crippen LogP contribution in [-0.2, 0) is 9.47 Å². The maximum Gasteiger partial charge on any atom is 0.123 e. The highest BCUT2D eigenvalue weighted by Crippen LogP contribution is 2.25. The van der Waals surface area contributed by atoms with Crippen molar-refractivity contribution < 1.29 is 19.9 Å². The van der Waals surface area contributed by atoms with Crippen molar-refractivity contribution in [2.24, 2.45) is 10.3 Å². The summed E-state index contributed by atoms with van der Waals surface area (Å²) in [4.78, 5) is 4.50. The number of rotatable bonds is 2. The van der Waals surface area contributed by atoms with E-state index in [-0.39, 0.29) is 12.1 Å². The van der Waals surface area contributed by atoms with Crippen molar-refractivity contribution in [1.82, 2.24) is 9.80 Å². The Balaban J connectivity index is 1.76. The van der Waals surface area contributed by atoms with Gasteiger partial charge in [0.05, 0.1) is 38.5 Å². The van der Waals surface area contributed by atoms with Crippen LogP contribution in [0, 0.1) is 0 Å². The fraction of sp³-hybridized carbons (Fsp3) is 0.857. The summed E-state index contributed by atoms with van der Waals surface area (Å²) in [6.07, 6.45) is 1.78. The van der Waals surface area contributed by atoms with Crippen molar-refractivity contribution in [3.05, 3.63) is 0 Å². The highest BCUT2D eigenvalue weighted by Gasteiger charge is 2.40. The second-order valence-electron chi connectivity index (χ2n) is 5.88. The summed E-state index contributed by atoms with van der Waals surface area (Å²) >= 11 is 0. The first-order valence-electron chi connectivity index (χ1n) is 7.93. The first-order chi connectivity index (χ1) is 10.8. The molecule has 0 radical (unpaired) electrons. The first kappa shape index (κ1) is 15.7. The van der Waals surface area contributed by atoms with Crippen LogP contribution in [-0.4, -0.2) is 96.3 Å². The lowest BCUT2D eigenvalue weighted by atomic mass is 9.85. The molecule has 0 bridgehead atoms. The van der Waals surface area contributed by atoms with Crippen LogP contribution in [0.25, 0.3) is 0 Å². The highest BCUT2D eigenvalue weighted by molar-refractivity contribution is 6.46. The molecule has 3 rings (SSSR count). The molecule has 2 N–H and O–H groups in total. The summed E-state index contributed by atoms with van der Waals surface area (Å²) in [5.41, 5.74) is 0.985. The molecule has 22 heavy (non-hydrogen) atoms. The Kier molecular flexibility index (Phi) is 5.24. The van der Waals surface area contributed by atoms with Gasteiger partial charge in [0.1, 0.15) is 11.4 Å². The molecule has 2 atom stereocenters. The summed E-state index contributed by atoms with van der Waals surface area (Å²) in [5, 5.41) is 26.0. The maximum absolute atomic E-state index is 9.50. The highest BCUT2D eigenvalue weighted by atomic mass is 16.5. The van der Waals surface area contributed by atoms with Gasteiger partial charge in [0.2, 0.25) is 0 Å². The topological polar surface area (TPSA) is 90.1 Å². The van der Waals surface area contributed by atoms with Gasteiger partial charge in [-0.3, -0.25) is 9.80 Å². The lowest BCUT2D eigenvalue weighted by Gasteiger charge is -2.42. The zero-order valence-corrected chi connectivity index (χ0v) is 12.7. The van der Waals surface area contributed by atoms with Gasteiger partial charge in [-0.25, -0.2) is 0 Å². The average molecular weight is 312 g/mol. The van der Waals surface area contributed by atoms with Gasteiger partial charge < -0.3 is 19.9 Å². The predicted molar refractivity (Wildman–Crippen MR) is 80.0 cm³/mol. The number of oxime groups is 2.